The first-order chi connectivity index (χ1) is 8.82. The summed E-state index contributed by atoms with van der Waals surface area (Å²) >= 11 is 0. The molecule has 0 saturated carbocycles. The zero-order chi connectivity index (χ0) is 14.3. The maximum atomic E-state index is 13.8. The summed E-state index contributed by atoms with van der Waals surface area (Å²) in [5.74, 6) is -0.809. The average Bonchev–Trinajstić information content (AvgIpc) is 2.59. The maximum Gasteiger partial charge on any atom is 0.351 e. The number of nitrogens with zero attached hydrogens (tertiary/aromatic N) is 3. The Balaban J connectivity index is 2.42. The van der Waals surface area contributed by atoms with Gasteiger partial charge in [0.15, 0.2) is 17.9 Å². The van der Waals surface area contributed by atoms with Crippen LogP contribution in [0.2, 0.25) is 0 Å². The minimum absolute atomic E-state index is 0.0951. The van der Waals surface area contributed by atoms with Gasteiger partial charge in [-0.3, -0.25) is 4.57 Å². The molecule has 4 unspecified atom stereocenters. The zero-order valence-corrected chi connectivity index (χ0v) is 10.8. The molecule has 7 nitrogen and oxygen atoms in total. The van der Waals surface area contributed by atoms with Crippen molar-refractivity contribution in [3.63, 3.8) is 0 Å². The lowest BCUT2D eigenvalue weighted by molar-refractivity contribution is -0.0355. The van der Waals surface area contributed by atoms with Gasteiger partial charge in [-0.05, 0) is 6.92 Å². The predicted molar refractivity (Wildman–Crippen MR) is 64.4 cm³/mol. The summed E-state index contributed by atoms with van der Waals surface area (Å²) in [7, 11) is 3.11. The molecule has 1 aromatic rings. The molecule has 1 aliphatic rings. The summed E-state index contributed by atoms with van der Waals surface area (Å²) in [5.41, 5.74) is -0.754. The van der Waals surface area contributed by atoms with Gasteiger partial charge in [-0.15, -0.1) is 0 Å². The van der Waals surface area contributed by atoms with Crippen LogP contribution in [0.1, 0.15) is 13.2 Å². The van der Waals surface area contributed by atoms with Crippen molar-refractivity contribution in [1.82, 2.24) is 9.55 Å². The molecule has 0 aliphatic carbocycles. The third-order valence-electron chi connectivity index (χ3n) is 3.06. The highest BCUT2D eigenvalue weighted by Gasteiger charge is 2.42. The number of aromatic nitrogens is 2. The lowest BCUT2D eigenvalue weighted by atomic mass is 10.1. The average molecular weight is 273 g/mol. The molecule has 106 valence electrons. The van der Waals surface area contributed by atoms with Gasteiger partial charge in [0.2, 0.25) is 0 Å². The van der Waals surface area contributed by atoms with Gasteiger partial charge in [0, 0.05) is 14.1 Å². The van der Waals surface area contributed by atoms with Gasteiger partial charge in [-0.1, -0.05) is 0 Å². The van der Waals surface area contributed by atoms with Gasteiger partial charge >= 0.3 is 5.69 Å². The van der Waals surface area contributed by atoms with Crippen LogP contribution in [0, 0.1) is 5.82 Å². The summed E-state index contributed by atoms with van der Waals surface area (Å²) in [5, 5.41) is 19.4. The van der Waals surface area contributed by atoms with E-state index in [0.717, 1.165) is 10.8 Å². The number of aliphatic hydroxyl groups is 2. The van der Waals surface area contributed by atoms with E-state index in [2.05, 4.69) is 4.98 Å². The van der Waals surface area contributed by atoms with Gasteiger partial charge in [0.25, 0.3) is 0 Å². The molecule has 1 aliphatic heterocycles. The van der Waals surface area contributed by atoms with Gasteiger partial charge in [0.05, 0.1) is 12.3 Å². The van der Waals surface area contributed by atoms with E-state index in [1.54, 1.807) is 21.0 Å². The first-order valence-corrected chi connectivity index (χ1v) is 5.80. The van der Waals surface area contributed by atoms with Crippen molar-refractivity contribution in [2.75, 3.05) is 19.0 Å². The number of anilines is 1. The van der Waals surface area contributed by atoms with E-state index in [-0.39, 0.29) is 5.82 Å². The molecule has 8 heteroatoms. The number of rotatable bonds is 2. The Morgan fingerprint density at radius 1 is 1.42 bits per heavy atom. The van der Waals surface area contributed by atoms with Crippen LogP contribution in [0.3, 0.4) is 0 Å². The van der Waals surface area contributed by atoms with Crippen molar-refractivity contribution < 1.29 is 19.3 Å². The lowest BCUT2D eigenvalue weighted by Gasteiger charge is -2.19. The SMILES string of the molecule is CC1OC(n2cc(F)c(N(C)C)nc2=O)C(O)C1O. The van der Waals surface area contributed by atoms with Crippen LogP contribution in [0.5, 0.6) is 0 Å². The maximum absolute atomic E-state index is 13.8. The van der Waals surface area contributed by atoms with Crippen molar-refractivity contribution >= 4 is 5.82 Å². The minimum atomic E-state index is -1.31. The fourth-order valence-electron chi connectivity index (χ4n) is 1.99. The Morgan fingerprint density at radius 3 is 2.53 bits per heavy atom. The first-order valence-electron chi connectivity index (χ1n) is 5.80. The van der Waals surface area contributed by atoms with Crippen LogP contribution in [-0.2, 0) is 4.74 Å². The summed E-state index contributed by atoms with van der Waals surface area (Å²) in [6.07, 6.45) is -3.31. The van der Waals surface area contributed by atoms with E-state index in [1.807, 2.05) is 0 Å². The van der Waals surface area contributed by atoms with E-state index in [4.69, 9.17) is 4.74 Å². The molecular formula is C11H16FN3O4. The molecule has 2 heterocycles. The Kier molecular flexibility index (Phi) is 3.57. The minimum Gasteiger partial charge on any atom is -0.388 e. The fraction of sp³-hybridized carbons (Fsp3) is 0.636. The van der Waals surface area contributed by atoms with Crippen LogP contribution in [0.25, 0.3) is 0 Å². The second-order valence-electron chi connectivity index (χ2n) is 4.71. The third-order valence-corrected chi connectivity index (χ3v) is 3.06. The van der Waals surface area contributed by atoms with Crippen LogP contribution < -0.4 is 10.6 Å². The Bertz CT molecular complexity index is 533. The molecule has 0 aromatic carbocycles. The molecule has 1 fully saturated rings. The number of aliphatic hydroxyl groups excluding tert-OH is 2. The van der Waals surface area contributed by atoms with Crippen molar-refractivity contribution in [2.24, 2.45) is 0 Å². The summed E-state index contributed by atoms with van der Waals surface area (Å²) < 4.78 is 19.9. The second kappa shape index (κ2) is 4.87. The number of hydrogen-bond acceptors (Lipinski definition) is 6. The standard InChI is InChI=1S/C11H16FN3O4/c1-5-7(16)8(17)10(19-5)15-4-6(12)9(14(2)3)13-11(15)18/h4-5,7-8,10,16-17H,1-3H3. The van der Waals surface area contributed by atoms with Gasteiger partial charge in [-0.25, -0.2) is 9.18 Å². The van der Waals surface area contributed by atoms with Crippen LogP contribution in [0.15, 0.2) is 11.0 Å². The Hall–Kier alpha value is -1.51. The van der Waals surface area contributed by atoms with E-state index in [0.29, 0.717) is 0 Å². The molecule has 2 rings (SSSR count). The predicted octanol–water partition coefficient (Wildman–Crippen LogP) is -0.913. The first kappa shape index (κ1) is 13.9. The molecule has 4 atom stereocenters. The Morgan fingerprint density at radius 2 is 2.05 bits per heavy atom. The quantitative estimate of drug-likeness (QED) is 0.725. The topological polar surface area (TPSA) is 87.8 Å². The van der Waals surface area contributed by atoms with E-state index in [9.17, 15) is 19.4 Å². The smallest absolute Gasteiger partial charge is 0.351 e. The van der Waals surface area contributed by atoms with E-state index < -0.39 is 36.0 Å². The normalized spacial score (nSPS) is 30.6. The second-order valence-corrected chi connectivity index (χ2v) is 4.71. The third kappa shape index (κ3) is 2.34. The highest BCUT2D eigenvalue weighted by atomic mass is 19.1. The Labute approximate surface area is 108 Å². The fourth-order valence-corrected chi connectivity index (χ4v) is 1.99. The molecule has 19 heavy (non-hydrogen) atoms. The van der Waals surface area contributed by atoms with Gasteiger partial charge in [-0.2, -0.15) is 4.98 Å². The van der Waals surface area contributed by atoms with Crippen molar-refractivity contribution in [1.29, 1.82) is 0 Å². The van der Waals surface area contributed by atoms with Gasteiger partial charge in [0.1, 0.15) is 12.2 Å². The van der Waals surface area contributed by atoms with E-state index in [1.165, 1.54) is 4.90 Å². The zero-order valence-electron chi connectivity index (χ0n) is 10.8. The summed E-state index contributed by atoms with van der Waals surface area (Å²) in [4.78, 5) is 16.8. The summed E-state index contributed by atoms with van der Waals surface area (Å²) in [6, 6.07) is 0. The highest BCUT2D eigenvalue weighted by molar-refractivity contribution is 5.36. The van der Waals surface area contributed by atoms with Crippen molar-refractivity contribution in [3.05, 3.63) is 22.5 Å². The van der Waals surface area contributed by atoms with Gasteiger partial charge < -0.3 is 19.8 Å². The van der Waals surface area contributed by atoms with Crippen molar-refractivity contribution in [3.8, 4) is 0 Å². The van der Waals surface area contributed by atoms with Crippen molar-refractivity contribution in [2.45, 2.75) is 31.5 Å². The van der Waals surface area contributed by atoms with Crippen LogP contribution in [-0.4, -0.2) is 52.2 Å². The molecule has 0 radical (unpaired) electrons. The molecule has 0 spiro atoms. The number of halogens is 1. The molecule has 0 amide bonds. The van der Waals surface area contributed by atoms with Crippen LogP contribution >= 0.6 is 0 Å². The largest absolute Gasteiger partial charge is 0.388 e. The summed E-state index contributed by atoms with van der Waals surface area (Å²) in [6.45, 7) is 1.55. The molecular weight excluding hydrogens is 257 g/mol. The van der Waals surface area contributed by atoms with Crippen LogP contribution in [0.4, 0.5) is 10.2 Å². The monoisotopic (exact) mass is 273 g/mol. The number of ether oxygens (including phenoxy) is 1. The highest BCUT2D eigenvalue weighted by Crippen LogP contribution is 2.28. The molecule has 1 aromatic heterocycles. The lowest BCUT2D eigenvalue weighted by Crippen LogP contribution is -2.36. The van der Waals surface area contributed by atoms with E-state index >= 15 is 0 Å². The molecule has 2 N–H and O–H groups in total. The number of hydrogen-bond donors (Lipinski definition) is 2. The molecule has 0 bridgehead atoms. The molecule has 1 saturated heterocycles.